The van der Waals surface area contributed by atoms with Gasteiger partial charge in [-0.2, -0.15) is 0 Å². The lowest BCUT2D eigenvalue weighted by Crippen LogP contribution is -2.17. The van der Waals surface area contributed by atoms with Crippen LogP contribution in [0.1, 0.15) is 25.0 Å². The second-order valence-corrected chi connectivity index (χ2v) is 5.18. The van der Waals surface area contributed by atoms with Crippen LogP contribution in [-0.2, 0) is 11.2 Å². The molecule has 0 saturated carbocycles. The molecule has 2 heteroatoms. The zero-order valence-electron chi connectivity index (χ0n) is 12.0. The highest BCUT2D eigenvalue weighted by Crippen LogP contribution is 2.21. The number of benzene rings is 2. The second-order valence-electron chi connectivity index (χ2n) is 5.18. The molecule has 2 rings (SSSR count). The van der Waals surface area contributed by atoms with Crippen LogP contribution in [0.15, 0.2) is 54.6 Å². The molecular formula is C18H20O2. The predicted octanol–water partition coefficient (Wildman–Crippen LogP) is 3.88. The third-order valence-electron chi connectivity index (χ3n) is 3.22. The Morgan fingerprint density at radius 1 is 1.00 bits per heavy atom. The van der Waals surface area contributed by atoms with E-state index in [2.05, 4.69) is 12.1 Å². The Kier molecular flexibility index (Phi) is 4.94. The van der Waals surface area contributed by atoms with Crippen LogP contribution in [-0.4, -0.2) is 12.4 Å². The lowest BCUT2D eigenvalue weighted by atomic mass is 10.0. The van der Waals surface area contributed by atoms with E-state index in [4.69, 9.17) is 4.74 Å². The molecular weight excluding hydrogens is 248 g/mol. The molecule has 2 aromatic rings. The van der Waals surface area contributed by atoms with Crippen LogP contribution in [0.4, 0.5) is 0 Å². The summed E-state index contributed by atoms with van der Waals surface area (Å²) in [5, 5.41) is 0. The molecule has 104 valence electrons. The first kappa shape index (κ1) is 14.3. The number of hydrogen-bond donors (Lipinski definition) is 0. The monoisotopic (exact) mass is 268 g/mol. The van der Waals surface area contributed by atoms with Crippen molar-refractivity contribution in [3.8, 4) is 5.75 Å². The third-order valence-corrected chi connectivity index (χ3v) is 3.22. The lowest BCUT2D eigenvalue weighted by molar-refractivity contribution is -0.123. The maximum Gasteiger partial charge on any atom is 0.172 e. The SMILES string of the molecule is CC(C)C(=O)COc1ccccc1Cc1ccccc1. The molecule has 0 fully saturated rings. The molecule has 0 aliphatic heterocycles. The van der Waals surface area contributed by atoms with E-state index in [1.54, 1.807) is 0 Å². The fourth-order valence-corrected chi connectivity index (χ4v) is 1.92. The van der Waals surface area contributed by atoms with E-state index in [1.807, 2.05) is 56.3 Å². The van der Waals surface area contributed by atoms with E-state index in [0.29, 0.717) is 0 Å². The maximum atomic E-state index is 11.7. The van der Waals surface area contributed by atoms with Crippen LogP contribution >= 0.6 is 0 Å². The molecule has 0 amide bonds. The highest BCUT2D eigenvalue weighted by molar-refractivity contribution is 5.81. The van der Waals surface area contributed by atoms with Gasteiger partial charge >= 0.3 is 0 Å². The first-order chi connectivity index (χ1) is 9.66. The first-order valence-corrected chi connectivity index (χ1v) is 6.94. The Bertz CT molecular complexity index is 559. The van der Waals surface area contributed by atoms with Crippen LogP contribution in [0.25, 0.3) is 0 Å². The van der Waals surface area contributed by atoms with Gasteiger partial charge in [0, 0.05) is 12.3 Å². The number of carbonyl (C=O) groups is 1. The zero-order chi connectivity index (χ0) is 14.4. The molecule has 0 aliphatic carbocycles. The lowest BCUT2D eigenvalue weighted by Gasteiger charge is -2.12. The topological polar surface area (TPSA) is 26.3 Å². The van der Waals surface area contributed by atoms with Gasteiger partial charge in [-0.1, -0.05) is 62.4 Å². The average molecular weight is 268 g/mol. The third kappa shape index (κ3) is 3.95. The molecule has 0 unspecified atom stereocenters. The van der Waals surface area contributed by atoms with Crippen LogP contribution in [0.2, 0.25) is 0 Å². The van der Waals surface area contributed by atoms with Gasteiger partial charge in [-0.15, -0.1) is 0 Å². The Morgan fingerprint density at radius 2 is 1.65 bits per heavy atom. The first-order valence-electron chi connectivity index (χ1n) is 6.94. The minimum Gasteiger partial charge on any atom is -0.486 e. The summed E-state index contributed by atoms with van der Waals surface area (Å²) in [6.07, 6.45) is 0.812. The Hall–Kier alpha value is -2.09. The van der Waals surface area contributed by atoms with Crippen LogP contribution in [0.3, 0.4) is 0 Å². The predicted molar refractivity (Wildman–Crippen MR) is 81.0 cm³/mol. The highest BCUT2D eigenvalue weighted by Gasteiger charge is 2.10. The Labute approximate surface area is 120 Å². The molecule has 0 bridgehead atoms. The standard InChI is InChI=1S/C18H20O2/c1-14(2)17(19)13-20-18-11-7-6-10-16(18)12-15-8-4-3-5-9-15/h3-11,14H,12-13H2,1-2H3. The molecule has 0 atom stereocenters. The molecule has 0 spiro atoms. The Morgan fingerprint density at radius 3 is 2.35 bits per heavy atom. The average Bonchev–Trinajstić information content (AvgIpc) is 2.47. The van der Waals surface area contributed by atoms with Gasteiger partial charge in [0.2, 0.25) is 0 Å². The normalized spacial score (nSPS) is 10.6. The molecule has 2 nitrogen and oxygen atoms in total. The molecule has 0 saturated heterocycles. The summed E-state index contributed by atoms with van der Waals surface area (Å²) in [6, 6.07) is 18.1. The smallest absolute Gasteiger partial charge is 0.172 e. The van der Waals surface area contributed by atoms with Gasteiger partial charge in [-0.25, -0.2) is 0 Å². The van der Waals surface area contributed by atoms with Gasteiger partial charge in [0.05, 0.1) is 0 Å². The molecule has 0 N–H and O–H groups in total. The van der Waals surface area contributed by atoms with E-state index in [0.717, 1.165) is 17.7 Å². The summed E-state index contributed by atoms with van der Waals surface area (Å²) in [5.74, 6) is 0.932. The van der Waals surface area contributed by atoms with Gasteiger partial charge in [-0.05, 0) is 17.2 Å². The van der Waals surface area contributed by atoms with Gasteiger partial charge in [0.15, 0.2) is 5.78 Å². The van der Waals surface area contributed by atoms with Gasteiger partial charge in [0.1, 0.15) is 12.4 Å². The molecule has 0 heterocycles. The van der Waals surface area contributed by atoms with Crippen molar-refractivity contribution in [3.05, 3.63) is 65.7 Å². The summed E-state index contributed by atoms with van der Waals surface area (Å²) < 4.78 is 5.68. The van der Waals surface area contributed by atoms with E-state index in [9.17, 15) is 4.79 Å². The number of ether oxygens (including phenoxy) is 1. The quantitative estimate of drug-likeness (QED) is 0.794. The number of carbonyl (C=O) groups excluding carboxylic acids is 1. The van der Waals surface area contributed by atoms with Gasteiger partial charge in [-0.3, -0.25) is 4.79 Å². The van der Waals surface area contributed by atoms with Crippen LogP contribution in [0, 0.1) is 5.92 Å². The van der Waals surface area contributed by atoms with Crippen molar-refractivity contribution in [2.75, 3.05) is 6.61 Å². The van der Waals surface area contributed by atoms with Crippen molar-refractivity contribution in [2.45, 2.75) is 20.3 Å². The number of para-hydroxylation sites is 1. The van der Waals surface area contributed by atoms with E-state index in [1.165, 1.54) is 5.56 Å². The van der Waals surface area contributed by atoms with Gasteiger partial charge in [0.25, 0.3) is 0 Å². The van der Waals surface area contributed by atoms with Crippen molar-refractivity contribution >= 4 is 5.78 Å². The summed E-state index contributed by atoms with van der Waals surface area (Å²) in [7, 11) is 0. The van der Waals surface area contributed by atoms with E-state index in [-0.39, 0.29) is 18.3 Å². The minimum absolute atomic E-state index is 0.0104. The van der Waals surface area contributed by atoms with Gasteiger partial charge < -0.3 is 4.74 Å². The molecule has 0 radical (unpaired) electrons. The molecule has 0 aliphatic rings. The van der Waals surface area contributed by atoms with E-state index < -0.39 is 0 Å². The fourth-order valence-electron chi connectivity index (χ4n) is 1.92. The minimum atomic E-state index is 0.0104. The fraction of sp³-hybridized carbons (Fsp3) is 0.278. The summed E-state index contributed by atoms with van der Waals surface area (Å²) in [4.78, 5) is 11.7. The molecule has 0 aromatic heterocycles. The molecule has 2 aromatic carbocycles. The number of Topliss-reactive ketones (excluding diaryl/α,β-unsaturated/α-hetero) is 1. The summed E-state index contributed by atoms with van der Waals surface area (Å²) >= 11 is 0. The van der Waals surface area contributed by atoms with Crippen molar-refractivity contribution in [2.24, 2.45) is 5.92 Å². The van der Waals surface area contributed by atoms with Crippen LogP contribution < -0.4 is 4.74 Å². The van der Waals surface area contributed by atoms with E-state index >= 15 is 0 Å². The zero-order valence-corrected chi connectivity index (χ0v) is 12.0. The number of ketones is 1. The second kappa shape index (κ2) is 6.90. The summed E-state index contributed by atoms with van der Waals surface area (Å²) in [5.41, 5.74) is 2.34. The van der Waals surface area contributed by atoms with Crippen LogP contribution in [0.5, 0.6) is 5.75 Å². The molecule has 20 heavy (non-hydrogen) atoms. The summed E-state index contributed by atoms with van der Waals surface area (Å²) in [6.45, 7) is 3.92. The van der Waals surface area contributed by atoms with Crippen molar-refractivity contribution in [3.63, 3.8) is 0 Å². The van der Waals surface area contributed by atoms with Crippen molar-refractivity contribution in [1.29, 1.82) is 0 Å². The van der Waals surface area contributed by atoms with Crippen molar-refractivity contribution in [1.82, 2.24) is 0 Å². The highest BCUT2D eigenvalue weighted by atomic mass is 16.5. The number of rotatable bonds is 6. The largest absolute Gasteiger partial charge is 0.486 e. The number of hydrogen-bond acceptors (Lipinski definition) is 2. The van der Waals surface area contributed by atoms with Crippen molar-refractivity contribution < 1.29 is 9.53 Å². The Balaban J connectivity index is 2.08. The maximum absolute atomic E-state index is 11.7.